The van der Waals surface area contributed by atoms with Gasteiger partial charge in [-0.25, -0.2) is 0 Å². The van der Waals surface area contributed by atoms with Crippen molar-refractivity contribution < 1.29 is 14.3 Å². The molecule has 0 saturated heterocycles. The van der Waals surface area contributed by atoms with Crippen molar-refractivity contribution >= 4 is 11.8 Å². The average Bonchev–Trinajstić information content (AvgIpc) is 2.60. The van der Waals surface area contributed by atoms with Gasteiger partial charge in [0.25, 0.3) is 5.91 Å². The summed E-state index contributed by atoms with van der Waals surface area (Å²) in [5.74, 6) is 0.488. The summed E-state index contributed by atoms with van der Waals surface area (Å²) in [5, 5.41) is 5.73. The van der Waals surface area contributed by atoms with Crippen LogP contribution in [0.2, 0.25) is 0 Å². The molecule has 0 spiro atoms. The molecule has 0 fully saturated rings. The minimum absolute atomic E-state index is 0.119. The molecule has 0 aliphatic rings. The van der Waals surface area contributed by atoms with E-state index in [-0.39, 0.29) is 30.3 Å². The van der Waals surface area contributed by atoms with Crippen molar-refractivity contribution in [2.24, 2.45) is 0 Å². The van der Waals surface area contributed by atoms with E-state index in [2.05, 4.69) is 10.6 Å². The van der Waals surface area contributed by atoms with E-state index in [0.717, 1.165) is 11.3 Å². The summed E-state index contributed by atoms with van der Waals surface area (Å²) in [6.45, 7) is 6.10. The van der Waals surface area contributed by atoms with Crippen molar-refractivity contribution in [1.29, 1.82) is 0 Å². The van der Waals surface area contributed by atoms with Crippen molar-refractivity contribution in [3.63, 3.8) is 0 Å². The molecular weight excluding hydrogens is 328 g/mol. The van der Waals surface area contributed by atoms with Gasteiger partial charge in [-0.15, -0.1) is 0 Å². The molecule has 5 heteroatoms. The molecule has 0 aliphatic heterocycles. The highest BCUT2D eigenvalue weighted by atomic mass is 16.5. The Morgan fingerprint density at radius 3 is 2.38 bits per heavy atom. The molecule has 2 aromatic carbocycles. The van der Waals surface area contributed by atoms with E-state index in [9.17, 15) is 9.59 Å². The highest BCUT2D eigenvalue weighted by Crippen LogP contribution is 2.12. The Bertz CT molecular complexity index is 731. The molecule has 0 bridgehead atoms. The van der Waals surface area contributed by atoms with Gasteiger partial charge < -0.3 is 15.4 Å². The number of aryl methyl sites for hydroxylation is 1. The second-order valence-corrected chi connectivity index (χ2v) is 6.54. The summed E-state index contributed by atoms with van der Waals surface area (Å²) in [5.41, 5.74) is 1.71. The Hall–Kier alpha value is -2.82. The molecule has 0 aromatic heterocycles. The van der Waals surface area contributed by atoms with Gasteiger partial charge in [-0.2, -0.15) is 0 Å². The normalized spacial score (nSPS) is 12.7. The molecule has 0 heterocycles. The molecule has 26 heavy (non-hydrogen) atoms. The Labute approximate surface area is 154 Å². The third-order valence-corrected chi connectivity index (χ3v) is 3.80. The van der Waals surface area contributed by atoms with E-state index in [1.165, 1.54) is 0 Å². The van der Waals surface area contributed by atoms with Crippen molar-refractivity contribution in [3.05, 3.63) is 65.7 Å². The second kappa shape index (κ2) is 9.61. The Kier molecular flexibility index (Phi) is 7.21. The number of benzene rings is 2. The molecule has 2 N–H and O–H groups in total. The van der Waals surface area contributed by atoms with Crippen LogP contribution in [0.25, 0.3) is 0 Å². The van der Waals surface area contributed by atoms with Gasteiger partial charge in [0.2, 0.25) is 5.91 Å². The summed E-state index contributed by atoms with van der Waals surface area (Å²) in [6, 6.07) is 16.4. The fourth-order valence-corrected chi connectivity index (χ4v) is 2.53. The minimum atomic E-state index is -0.257. The molecule has 2 aromatic rings. The predicted octanol–water partition coefficient (Wildman–Crippen LogP) is 3.09. The SMILES string of the molecule is Cc1cccc(OCC(C)NC(=O)CC(C)NC(=O)c2ccccc2)c1. The first-order valence-electron chi connectivity index (χ1n) is 8.79. The molecule has 2 unspecified atom stereocenters. The number of amides is 2. The topological polar surface area (TPSA) is 67.4 Å². The van der Waals surface area contributed by atoms with Gasteiger partial charge >= 0.3 is 0 Å². The van der Waals surface area contributed by atoms with Gasteiger partial charge in [-0.05, 0) is 50.6 Å². The number of rotatable bonds is 8. The van der Waals surface area contributed by atoms with E-state index < -0.39 is 0 Å². The Balaban J connectivity index is 1.72. The average molecular weight is 354 g/mol. The molecule has 2 amide bonds. The lowest BCUT2D eigenvalue weighted by Crippen LogP contribution is -2.41. The predicted molar refractivity (Wildman–Crippen MR) is 102 cm³/mol. The lowest BCUT2D eigenvalue weighted by Gasteiger charge is -2.18. The number of carbonyl (C=O) groups is 2. The Morgan fingerprint density at radius 1 is 0.962 bits per heavy atom. The van der Waals surface area contributed by atoms with Crippen LogP contribution in [-0.4, -0.2) is 30.5 Å². The third-order valence-electron chi connectivity index (χ3n) is 3.80. The van der Waals surface area contributed by atoms with Crippen LogP contribution in [-0.2, 0) is 4.79 Å². The maximum atomic E-state index is 12.1. The molecule has 0 radical (unpaired) electrons. The number of ether oxygens (including phenoxy) is 1. The van der Waals surface area contributed by atoms with Crippen LogP contribution in [0.5, 0.6) is 5.75 Å². The largest absolute Gasteiger partial charge is 0.491 e. The quantitative estimate of drug-likeness (QED) is 0.765. The van der Waals surface area contributed by atoms with Crippen LogP contribution >= 0.6 is 0 Å². The van der Waals surface area contributed by atoms with Crippen molar-refractivity contribution in [3.8, 4) is 5.75 Å². The first-order valence-corrected chi connectivity index (χ1v) is 8.79. The van der Waals surface area contributed by atoms with Gasteiger partial charge in [0.05, 0.1) is 6.04 Å². The zero-order chi connectivity index (χ0) is 18.9. The summed E-state index contributed by atoms with van der Waals surface area (Å²) < 4.78 is 5.69. The zero-order valence-electron chi connectivity index (χ0n) is 15.5. The molecule has 0 saturated carbocycles. The maximum Gasteiger partial charge on any atom is 0.251 e. The minimum Gasteiger partial charge on any atom is -0.491 e. The fourth-order valence-electron chi connectivity index (χ4n) is 2.53. The number of carbonyl (C=O) groups excluding carboxylic acids is 2. The summed E-state index contributed by atoms with van der Waals surface area (Å²) >= 11 is 0. The molecule has 2 atom stereocenters. The van der Waals surface area contributed by atoms with Crippen molar-refractivity contribution in [2.45, 2.75) is 39.3 Å². The first kappa shape index (κ1) is 19.5. The van der Waals surface area contributed by atoms with Gasteiger partial charge in [0, 0.05) is 18.0 Å². The molecule has 5 nitrogen and oxygen atoms in total. The number of hydrogen-bond donors (Lipinski definition) is 2. The number of nitrogens with one attached hydrogen (secondary N) is 2. The smallest absolute Gasteiger partial charge is 0.251 e. The van der Waals surface area contributed by atoms with Gasteiger partial charge in [0.1, 0.15) is 12.4 Å². The zero-order valence-corrected chi connectivity index (χ0v) is 15.5. The van der Waals surface area contributed by atoms with E-state index >= 15 is 0 Å². The van der Waals surface area contributed by atoms with Crippen molar-refractivity contribution in [1.82, 2.24) is 10.6 Å². The summed E-state index contributed by atoms with van der Waals surface area (Å²) in [4.78, 5) is 24.2. The fraction of sp³-hybridized carbons (Fsp3) is 0.333. The van der Waals surface area contributed by atoms with Crippen LogP contribution in [0.15, 0.2) is 54.6 Å². The van der Waals surface area contributed by atoms with Crippen LogP contribution in [0.3, 0.4) is 0 Å². The van der Waals surface area contributed by atoms with Crippen molar-refractivity contribution in [2.75, 3.05) is 6.61 Å². The Morgan fingerprint density at radius 2 is 1.69 bits per heavy atom. The lowest BCUT2D eigenvalue weighted by atomic mass is 10.1. The number of hydrogen-bond acceptors (Lipinski definition) is 3. The van der Waals surface area contributed by atoms with Gasteiger partial charge in [0.15, 0.2) is 0 Å². The summed E-state index contributed by atoms with van der Waals surface area (Å²) in [7, 11) is 0. The second-order valence-electron chi connectivity index (χ2n) is 6.54. The highest BCUT2D eigenvalue weighted by Gasteiger charge is 2.15. The highest BCUT2D eigenvalue weighted by molar-refractivity contribution is 5.94. The van der Waals surface area contributed by atoms with E-state index in [0.29, 0.717) is 12.2 Å². The van der Waals surface area contributed by atoms with E-state index in [1.54, 1.807) is 12.1 Å². The lowest BCUT2D eigenvalue weighted by molar-refractivity contribution is -0.122. The van der Waals surface area contributed by atoms with Crippen LogP contribution in [0.4, 0.5) is 0 Å². The molecular formula is C21H26N2O3. The first-order chi connectivity index (χ1) is 12.4. The van der Waals surface area contributed by atoms with Crippen LogP contribution < -0.4 is 15.4 Å². The maximum absolute atomic E-state index is 12.1. The third kappa shape index (κ3) is 6.59. The molecule has 138 valence electrons. The standard InChI is InChI=1S/C21H26N2O3/c1-15-8-7-11-19(12-15)26-14-17(3)22-20(24)13-16(2)23-21(25)18-9-5-4-6-10-18/h4-12,16-17H,13-14H2,1-3H3,(H,22,24)(H,23,25). The van der Waals surface area contributed by atoms with Crippen LogP contribution in [0, 0.1) is 6.92 Å². The molecule has 0 aliphatic carbocycles. The van der Waals surface area contributed by atoms with Gasteiger partial charge in [-0.1, -0.05) is 30.3 Å². The van der Waals surface area contributed by atoms with E-state index in [4.69, 9.17) is 4.74 Å². The monoisotopic (exact) mass is 354 g/mol. The van der Waals surface area contributed by atoms with Crippen LogP contribution in [0.1, 0.15) is 36.2 Å². The summed E-state index contributed by atoms with van der Waals surface area (Å²) in [6.07, 6.45) is 0.216. The van der Waals surface area contributed by atoms with Gasteiger partial charge in [-0.3, -0.25) is 9.59 Å². The molecule has 2 rings (SSSR count). The van der Waals surface area contributed by atoms with E-state index in [1.807, 2.05) is 63.2 Å².